The zero-order chi connectivity index (χ0) is 21.1. The van der Waals surface area contributed by atoms with Crippen LogP contribution in [0.3, 0.4) is 0 Å². The minimum absolute atomic E-state index is 0.0381. The Morgan fingerprint density at radius 2 is 1.77 bits per heavy atom. The third kappa shape index (κ3) is 4.49. The van der Waals surface area contributed by atoms with Gasteiger partial charge in [0.1, 0.15) is 6.54 Å². The van der Waals surface area contributed by atoms with Crippen LogP contribution in [0.1, 0.15) is 59.6 Å². The van der Waals surface area contributed by atoms with Crippen LogP contribution in [0.2, 0.25) is 0 Å². The number of fused-ring (bicyclic) bond motifs is 1. The van der Waals surface area contributed by atoms with Gasteiger partial charge < -0.3 is 14.6 Å². The molecule has 156 valence electrons. The largest absolute Gasteiger partial charge is 0.463 e. The van der Waals surface area contributed by atoms with Crippen molar-refractivity contribution in [1.29, 1.82) is 0 Å². The maximum atomic E-state index is 12.8. The molecule has 1 aromatic heterocycles. The monoisotopic (exact) mass is 403 g/mol. The lowest BCUT2D eigenvalue weighted by molar-refractivity contribution is -0.946. The van der Waals surface area contributed by atoms with Crippen molar-refractivity contribution < 1.29 is 14.1 Å². The van der Waals surface area contributed by atoms with E-state index >= 15 is 0 Å². The number of benzene rings is 2. The first kappa shape index (κ1) is 20.4. The van der Waals surface area contributed by atoms with E-state index in [1.54, 1.807) is 6.26 Å². The van der Waals surface area contributed by atoms with E-state index in [1.165, 1.54) is 21.6 Å². The molecule has 2 heterocycles. The average Bonchev–Trinajstić information content (AvgIpc) is 3.27. The first-order valence-corrected chi connectivity index (χ1v) is 10.8. The summed E-state index contributed by atoms with van der Waals surface area (Å²) < 4.78 is 5.76. The van der Waals surface area contributed by atoms with Gasteiger partial charge in [-0.2, -0.15) is 0 Å². The molecule has 0 spiro atoms. The molecule has 2 aromatic carbocycles. The third-order valence-electron chi connectivity index (χ3n) is 6.11. The maximum absolute atomic E-state index is 12.8. The number of hydrogen-bond acceptors (Lipinski definition) is 2. The van der Waals surface area contributed by atoms with E-state index in [4.69, 9.17) is 4.42 Å². The van der Waals surface area contributed by atoms with Gasteiger partial charge >= 0.3 is 0 Å². The topological polar surface area (TPSA) is 46.7 Å². The van der Waals surface area contributed by atoms with Crippen LogP contribution in [0.25, 0.3) is 0 Å². The molecule has 4 nitrogen and oxygen atoms in total. The molecule has 1 amide bonds. The fraction of sp³-hybridized carbons (Fsp3) is 0.346. The summed E-state index contributed by atoms with van der Waals surface area (Å²) in [4.78, 5) is 14.2. The fourth-order valence-electron chi connectivity index (χ4n) is 4.25. The van der Waals surface area contributed by atoms with Gasteiger partial charge in [-0.1, -0.05) is 57.2 Å². The molecule has 0 fully saturated rings. The van der Waals surface area contributed by atoms with Crippen molar-refractivity contribution in [3.05, 3.63) is 94.9 Å². The summed E-state index contributed by atoms with van der Waals surface area (Å²) in [6, 6.07) is 20.6. The van der Waals surface area contributed by atoms with E-state index in [1.807, 2.05) is 36.4 Å². The smallest absolute Gasteiger partial charge is 0.251 e. The predicted molar refractivity (Wildman–Crippen MR) is 119 cm³/mol. The first-order valence-electron chi connectivity index (χ1n) is 10.8. The van der Waals surface area contributed by atoms with Crippen LogP contribution in [0.4, 0.5) is 0 Å². The Hall–Kier alpha value is -2.85. The molecule has 0 radical (unpaired) electrons. The number of nitrogens with one attached hydrogen (secondary N) is 2. The molecule has 1 aliphatic heterocycles. The molecule has 30 heavy (non-hydrogen) atoms. The van der Waals surface area contributed by atoms with Gasteiger partial charge in [0.25, 0.3) is 5.91 Å². The molecule has 1 aliphatic rings. The van der Waals surface area contributed by atoms with E-state index in [2.05, 4.69) is 50.4 Å². The van der Waals surface area contributed by atoms with E-state index in [0.29, 0.717) is 12.1 Å². The molecule has 0 bridgehead atoms. The minimum Gasteiger partial charge on any atom is -0.463 e. The number of hydrogen-bond donors (Lipinski definition) is 2. The van der Waals surface area contributed by atoms with Gasteiger partial charge in [0.15, 0.2) is 11.8 Å². The van der Waals surface area contributed by atoms with Crippen LogP contribution < -0.4 is 10.2 Å². The van der Waals surface area contributed by atoms with Gasteiger partial charge in [0.2, 0.25) is 0 Å². The maximum Gasteiger partial charge on any atom is 0.251 e. The summed E-state index contributed by atoms with van der Waals surface area (Å²) in [5.41, 5.74) is 4.82. The molecular formula is C26H31N2O2+. The normalized spacial score (nSPS) is 17.2. The Morgan fingerprint density at radius 3 is 2.43 bits per heavy atom. The summed E-state index contributed by atoms with van der Waals surface area (Å²) in [5.74, 6) is 0.886. The van der Waals surface area contributed by atoms with Crippen LogP contribution in [0.5, 0.6) is 0 Å². The molecule has 0 saturated carbocycles. The van der Waals surface area contributed by atoms with Crippen molar-refractivity contribution in [2.45, 2.75) is 45.2 Å². The van der Waals surface area contributed by atoms with Crippen LogP contribution in [-0.2, 0) is 18.4 Å². The van der Waals surface area contributed by atoms with E-state index in [0.717, 1.165) is 25.3 Å². The minimum atomic E-state index is -0.0381. The number of amides is 1. The fourth-order valence-corrected chi connectivity index (χ4v) is 4.25. The lowest BCUT2D eigenvalue weighted by atomic mass is 9.87. The van der Waals surface area contributed by atoms with Gasteiger partial charge in [-0.05, 0) is 40.8 Å². The zero-order valence-corrected chi connectivity index (χ0v) is 18.1. The van der Waals surface area contributed by atoms with Gasteiger partial charge in [-0.3, -0.25) is 4.79 Å². The molecule has 1 unspecified atom stereocenters. The molecule has 2 N–H and O–H groups in total. The number of carbonyl (C=O) groups is 1. The Balaban J connectivity index is 1.46. The molecular weight excluding hydrogens is 372 g/mol. The number of furan rings is 1. The summed E-state index contributed by atoms with van der Waals surface area (Å²) in [6.45, 7) is 9.04. The second-order valence-corrected chi connectivity index (χ2v) is 9.21. The molecule has 2 atom stereocenters. The zero-order valence-electron chi connectivity index (χ0n) is 18.1. The van der Waals surface area contributed by atoms with E-state index in [9.17, 15) is 4.79 Å². The second kappa shape index (κ2) is 8.49. The van der Waals surface area contributed by atoms with Crippen molar-refractivity contribution >= 4 is 5.91 Å². The van der Waals surface area contributed by atoms with Gasteiger partial charge in [0, 0.05) is 17.5 Å². The summed E-state index contributed by atoms with van der Waals surface area (Å²) in [7, 11) is 0. The van der Waals surface area contributed by atoms with Crippen molar-refractivity contribution in [3.63, 3.8) is 0 Å². The SMILES string of the molecule is CC(C)(C)c1ccc(C(=O)NC[C@H](c2ccco2)[NH+]2CCc3ccccc3C2)cc1. The van der Waals surface area contributed by atoms with Gasteiger partial charge in [-0.25, -0.2) is 0 Å². The van der Waals surface area contributed by atoms with Gasteiger partial charge in [0.05, 0.1) is 19.4 Å². The Morgan fingerprint density at radius 1 is 1.03 bits per heavy atom. The molecule has 3 aromatic rings. The Bertz CT molecular complexity index is 985. The molecule has 0 saturated heterocycles. The number of carbonyl (C=O) groups excluding carboxylic acids is 1. The Labute approximate surface area is 178 Å². The van der Waals surface area contributed by atoms with Crippen molar-refractivity contribution in [1.82, 2.24) is 5.32 Å². The highest BCUT2D eigenvalue weighted by atomic mass is 16.3. The van der Waals surface area contributed by atoms with Crippen LogP contribution >= 0.6 is 0 Å². The van der Waals surface area contributed by atoms with Crippen LogP contribution in [0.15, 0.2) is 71.3 Å². The average molecular weight is 404 g/mol. The highest BCUT2D eigenvalue weighted by Crippen LogP contribution is 2.22. The highest BCUT2D eigenvalue weighted by molar-refractivity contribution is 5.94. The summed E-state index contributed by atoms with van der Waals surface area (Å²) >= 11 is 0. The van der Waals surface area contributed by atoms with Crippen molar-refractivity contribution in [2.24, 2.45) is 0 Å². The Kier molecular flexibility index (Phi) is 5.78. The summed E-state index contributed by atoms with van der Waals surface area (Å²) in [6.07, 6.45) is 2.76. The van der Waals surface area contributed by atoms with Crippen LogP contribution in [0, 0.1) is 0 Å². The number of rotatable bonds is 5. The summed E-state index contributed by atoms with van der Waals surface area (Å²) in [5, 5.41) is 3.15. The quantitative estimate of drug-likeness (QED) is 0.683. The van der Waals surface area contributed by atoms with E-state index < -0.39 is 0 Å². The third-order valence-corrected chi connectivity index (χ3v) is 6.11. The number of quaternary nitrogens is 1. The van der Waals surface area contributed by atoms with Crippen molar-refractivity contribution in [3.8, 4) is 0 Å². The highest BCUT2D eigenvalue weighted by Gasteiger charge is 2.30. The van der Waals surface area contributed by atoms with Crippen LogP contribution in [-0.4, -0.2) is 19.0 Å². The predicted octanol–water partition coefficient (Wildman–Crippen LogP) is 3.69. The lowest BCUT2D eigenvalue weighted by Gasteiger charge is -2.31. The second-order valence-electron chi connectivity index (χ2n) is 9.21. The lowest BCUT2D eigenvalue weighted by Crippen LogP contribution is -3.12. The molecule has 4 rings (SSSR count). The molecule has 0 aliphatic carbocycles. The molecule has 4 heteroatoms. The van der Waals surface area contributed by atoms with E-state index in [-0.39, 0.29) is 17.4 Å². The standard InChI is InChI=1S/C26H30N2O2/c1-26(2,3)22-12-10-20(11-13-22)25(29)27-17-23(24-9-6-16-30-24)28-15-14-19-7-4-5-8-21(19)18-28/h4-13,16,23H,14-15,17-18H2,1-3H3,(H,27,29)/p+1/t23-/m1/s1. The first-order chi connectivity index (χ1) is 14.4. The van der Waals surface area contributed by atoms with Crippen molar-refractivity contribution in [2.75, 3.05) is 13.1 Å². The van der Waals surface area contributed by atoms with Gasteiger partial charge in [-0.15, -0.1) is 0 Å².